The second-order valence-corrected chi connectivity index (χ2v) is 10.7. The Morgan fingerprint density at radius 1 is 0.905 bits per heavy atom. The number of benzene rings is 2. The predicted octanol–water partition coefficient (Wildman–Crippen LogP) is 3.88. The maximum absolute atomic E-state index is 13.0. The molecule has 0 radical (unpaired) electrons. The standard InChI is InChI=1S/C31H31N7O4/c1-19-34-26(25-17-33-23-8-4-5-9-24(23)35-25)18-37(19)15-7-3-2-6-14-32-20-10-11-21-22(16-20)31(42)38(30(21)41)27-12-13-28(39)36-29(27)40/h4-5,8-11,16-18,27,32H,2-3,6-7,12-15H2,1H3,(H,36,39,40). The number of unbranched alkanes of at least 4 members (excludes halogenated alkanes) is 3. The molecule has 2 aromatic heterocycles. The van der Waals surface area contributed by atoms with Gasteiger partial charge in [0.25, 0.3) is 11.8 Å². The van der Waals surface area contributed by atoms with E-state index in [9.17, 15) is 19.2 Å². The van der Waals surface area contributed by atoms with Crippen molar-refractivity contribution in [2.75, 3.05) is 11.9 Å². The largest absolute Gasteiger partial charge is 0.385 e. The Morgan fingerprint density at radius 2 is 1.69 bits per heavy atom. The van der Waals surface area contributed by atoms with E-state index in [1.54, 1.807) is 24.4 Å². The zero-order valence-corrected chi connectivity index (χ0v) is 23.3. The van der Waals surface area contributed by atoms with Gasteiger partial charge in [-0.2, -0.15) is 0 Å². The maximum atomic E-state index is 13.0. The third-order valence-corrected chi connectivity index (χ3v) is 7.78. The van der Waals surface area contributed by atoms with Crippen molar-refractivity contribution in [1.29, 1.82) is 0 Å². The van der Waals surface area contributed by atoms with Gasteiger partial charge in [0.2, 0.25) is 11.8 Å². The first-order valence-corrected chi connectivity index (χ1v) is 14.2. The van der Waals surface area contributed by atoms with E-state index in [0.717, 1.165) is 77.6 Å². The number of amides is 4. The number of para-hydroxylation sites is 2. The summed E-state index contributed by atoms with van der Waals surface area (Å²) in [6, 6.07) is 11.9. The van der Waals surface area contributed by atoms with Gasteiger partial charge in [0.05, 0.1) is 28.4 Å². The summed E-state index contributed by atoms with van der Waals surface area (Å²) in [6.45, 7) is 3.60. The van der Waals surface area contributed by atoms with Crippen LogP contribution in [0.1, 0.15) is 65.1 Å². The van der Waals surface area contributed by atoms with Crippen LogP contribution in [0.3, 0.4) is 0 Å². The van der Waals surface area contributed by atoms with E-state index in [1.807, 2.05) is 37.4 Å². The molecule has 0 spiro atoms. The van der Waals surface area contributed by atoms with Gasteiger partial charge in [0.15, 0.2) is 0 Å². The number of carbonyl (C=O) groups is 4. The highest BCUT2D eigenvalue weighted by Crippen LogP contribution is 2.29. The predicted molar refractivity (Wildman–Crippen MR) is 156 cm³/mol. The van der Waals surface area contributed by atoms with Crippen LogP contribution in [0.25, 0.3) is 22.4 Å². The third-order valence-electron chi connectivity index (χ3n) is 7.78. The number of imidazole rings is 1. The number of carbonyl (C=O) groups excluding carboxylic acids is 4. The monoisotopic (exact) mass is 565 g/mol. The van der Waals surface area contributed by atoms with Gasteiger partial charge in [0, 0.05) is 31.4 Å². The number of hydrogen-bond acceptors (Lipinski definition) is 8. The molecule has 4 heterocycles. The number of nitrogens with zero attached hydrogens (tertiary/aromatic N) is 5. The molecule has 0 aliphatic carbocycles. The van der Waals surface area contributed by atoms with E-state index < -0.39 is 29.7 Å². The van der Waals surface area contributed by atoms with Crippen molar-refractivity contribution >= 4 is 40.3 Å². The fourth-order valence-electron chi connectivity index (χ4n) is 5.51. The van der Waals surface area contributed by atoms with Crippen molar-refractivity contribution in [3.8, 4) is 11.4 Å². The summed E-state index contributed by atoms with van der Waals surface area (Å²) in [6.07, 6.45) is 8.11. The lowest BCUT2D eigenvalue weighted by molar-refractivity contribution is -0.136. The number of fused-ring (bicyclic) bond motifs is 2. The zero-order valence-electron chi connectivity index (χ0n) is 23.3. The number of aryl methyl sites for hydroxylation is 2. The van der Waals surface area contributed by atoms with Crippen LogP contribution in [-0.4, -0.2) is 60.6 Å². The lowest BCUT2D eigenvalue weighted by Crippen LogP contribution is -2.54. The Balaban J connectivity index is 0.960. The molecule has 1 atom stereocenters. The molecule has 0 saturated carbocycles. The molecular formula is C31H31N7O4. The second kappa shape index (κ2) is 11.5. The first kappa shape index (κ1) is 27.3. The summed E-state index contributed by atoms with van der Waals surface area (Å²) in [5.74, 6) is -1.05. The van der Waals surface area contributed by atoms with E-state index in [1.165, 1.54) is 0 Å². The average Bonchev–Trinajstić information content (AvgIpc) is 3.48. The zero-order chi connectivity index (χ0) is 29.2. The molecule has 4 amide bonds. The Bertz CT molecular complexity index is 1710. The number of piperidine rings is 1. The Kier molecular flexibility index (Phi) is 7.47. The summed E-state index contributed by atoms with van der Waals surface area (Å²) in [7, 11) is 0. The molecule has 11 nitrogen and oxygen atoms in total. The first-order valence-electron chi connectivity index (χ1n) is 14.2. The van der Waals surface area contributed by atoms with Crippen LogP contribution in [0.2, 0.25) is 0 Å². The fraction of sp³-hybridized carbons (Fsp3) is 0.323. The van der Waals surface area contributed by atoms with Gasteiger partial charge in [-0.25, -0.2) is 9.97 Å². The Hall–Kier alpha value is -4.93. The fourth-order valence-corrected chi connectivity index (χ4v) is 5.51. The number of rotatable bonds is 10. The van der Waals surface area contributed by atoms with Crippen molar-refractivity contribution < 1.29 is 19.2 Å². The molecule has 6 rings (SSSR count). The highest BCUT2D eigenvalue weighted by molar-refractivity contribution is 6.23. The SMILES string of the molecule is Cc1nc(-c2cnc3ccccc3n2)cn1CCCCCCNc1ccc2c(c1)C(=O)N(C1CCC(=O)NC1=O)C2=O. The van der Waals surface area contributed by atoms with Crippen LogP contribution in [-0.2, 0) is 16.1 Å². The smallest absolute Gasteiger partial charge is 0.262 e. The Labute approximate surface area is 242 Å². The molecule has 11 heteroatoms. The molecule has 2 aliphatic heterocycles. The van der Waals surface area contributed by atoms with Gasteiger partial charge in [-0.1, -0.05) is 25.0 Å². The molecule has 1 unspecified atom stereocenters. The van der Waals surface area contributed by atoms with E-state index in [2.05, 4.69) is 20.2 Å². The van der Waals surface area contributed by atoms with E-state index in [4.69, 9.17) is 9.97 Å². The van der Waals surface area contributed by atoms with Crippen LogP contribution in [0.4, 0.5) is 5.69 Å². The molecule has 42 heavy (non-hydrogen) atoms. The molecule has 2 aliphatic rings. The molecule has 2 aromatic carbocycles. The number of hydrogen-bond donors (Lipinski definition) is 2. The number of imide groups is 2. The van der Waals surface area contributed by atoms with Crippen LogP contribution in [0, 0.1) is 6.92 Å². The average molecular weight is 566 g/mol. The molecule has 1 saturated heterocycles. The van der Waals surface area contributed by atoms with E-state index in [0.29, 0.717) is 0 Å². The summed E-state index contributed by atoms with van der Waals surface area (Å²) in [5, 5.41) is 5.55. The van der Waals surface area contributed by atoms with Gasteiger partial charge >= 0.3 is 0 Å². The quantitative estimate of drug-likeness (QED) is 0.218. The topological polar surface area (TPSA) is 139 Å². The van der Waals surface area contributed by atoms with Gasteiger partial charge in [-0.15, -0.1) is 0 Å². The minimum Gasteiger partial charge on any atom is -0.385 e. The maximum Gasteiger partial charge on any atom is 0.262 e. The molecule has 2 N–H and O–H groups in total. The normalized spacial score (nSPS) is 16.7. The Morgan fingerprint density at radius 3 is 2.52 bits per heavy atom. The van der Waals surface area contributed by atoms with Crippen LogP contribution in [0.15, 0.2) is 54.9 Å². The molecule has 1 fully saturated rings. The van der Waals surface area contributed by atoms with Crippen molar-refractivity contribution in [2.24, 2.45) is 0 Å². The van der Waals surface area contributed by atoms with Crippen molar-refractivity contribution in [2.45, 2.75) is 58.0 Å². The van der Waals surface area contributed by atoms with Gasteiger partial charge in [0.1, 0.15) is 23.3 Å². The molecule has 0 bridgehead atoms. The third kappa shape index (κ3) is 5.37. The highest BCUT2D eigenvalue weighted by atomic mass is 16.2. The van der Waals surface area contributed by atoms with Crippen molar-refractivity contribution in [1.82, 2.24) is 29.7 Å². The van der Waals surface area contributed by atoms with Gasteiger partial charge < -0.3 is 9.88 Å². The summed E-state index contributed by atoms with van der Waals surface area (Å²) < 4.78 is 2.16. The van der Waals surface area contributed by atoms with E-state index in [-0.39, 0.29) is 24.0 Å². The summed E-state index contributed by atoms with van der Waals surface area (Å²) >= 11 is 0. The summed E-state index contributed by atoms with van der Waals surface area (Å²) in [5.41, 5.74) is 4.61. The number of nitrogens with one attached hydrogen (secondary N) is 2. The van der Waals surface area contributed by atoms with Crippen LogP contribution >= 0.6 is 0 Å². The second-order valence-electron chi connectivity index (χ2n) is 10.7. The van der Waals surface area contributed by atoms with E-state index >= 15 is 0 Å². The van der Waals surface area contributed by atoms with Gasteiger partial charge in [-0.05, 0) is 56.5 Å². The first-order chi connectivity index (χ1) is 20.4. The van der Waals surface area contributed by atoms with Crippen LogP contribution in [0.5, 0.6) is 0 Å². The lowest BCUT2D eigenvalue weighted by Gasteiger charge is -2.27. The molecule has 214 valence electrons. The molecular weight excluding hydrogens is 534 g/mol. The minimum absolute atomic E-state index is 0.0973. The summed E-state index contributed by atoms with van der Waals surface area (Å²) in [4.78, 5) is 64.5. The minimum atomic E-state index is -0.962. The van der Waals surface area contributed by atoms with Gasteiger partial charge in [-0.3, -0.25) is 34.4 Å². The van der Waals surface area contributed by atoms with Crippen LogP contribution < -0.4 is 10.6 Å². The number of anilines is 1. The van der Waals surface area contributed by atoms with Crippen molar-refractivity contribution in [3.63, 3.8) is 0 Å². The number of aromatic nitrogens is 4. The lowest BCUT2D eigenvalue weighted by atomic mass is 10.0. The van der Waals surface area contributed by atoms with Crippen molar-refractivity contribution in [3.05, 3.63) is 71.8 Å². The molecule has 4 aromatic rings. The highest BCUT2D eigenvalue weighted by Gasteiger charge is 2.44.